The second-order valence-electron chi connectivity index (χ2n) is 5.29. The summed E-state index contributed by atoms with van der Waals surface area (Å²) in [5, 5.41) is 0.606. The van der Waals surface area contributed by atoms with Crippen molar-refractivity contribution in [3.05, 3.63) is 29.3 Å². The number of piperazine rings is 1. The van der Waals surface area contributed by atoms with Crippen LogP contribution in [0.1, 0.15) is 6.92 Å². The van der Waals surface area contributed by atoms with E-state index in [1.807, 2.05) is 0 Å². The topological polar surface area (TPSA) is 88.2 Å². The highest BCUT2D eigenvalue weighted by molar-refractivity contribution is 7.87. The highest BCUT2D eigenvalue weighted by Crippen LogP contribution is 2.15. The quantitative estimate of drug-likeness (QED) is 0.708. The summed E-state index contributed by atoms with van der Waals surface area (Å²) in [5.41, 5.74) is 0. The molecule has 8 nitrogen and oxygen atoms in total. The lowest BCUT2D eigenvalue weighted by atomic mass is 10.3. The van der Waals surface area contributed by atoms with Crippen molar-refractivity contribution in [3.63, 3.8) is 0 Å². The molecule has 0 atom stereocenters. The zero-order valence-electron chi connectivity index (χ0n) is 14.0. The van der Waals surface area contributed by atoms with Crippen LogP contribution in [0, 0.1) is 0 Å². The molecule has 1 fully saturated rings. The largest absolute Gasteiger partial charge is 0.492 e. The lowest BCUT2D eigenvalue weighted by Crippen LogP contribution is -2.53. The van der Waals surface area contributed by atoms with Crippen molar-refractivity contribution >= 4 is 27.9 Å². The van der Waals surface area contributed by atoms with E-state index >= 15 is 0 Å². The summed E-state index contributed by atoms with van der Waals surface area (Å²) in [6.07, 6.45) is -0.413. The molecule has 0 saturated carbocycles. The van der Waals surface area contributed by atoms with Crippen molar-refractivity contribution in [2.24, 2.45) is 0 Å². The monoisotopic (exact) mass is 391 g/mol. The fourth-order valence-corrected chi connectivity index (χ4v) is 3.58. The van der Waals surface area contributed by atoms with Crippen LogP contribution in [0.15, 0.2) is 24.3 Å². The molecule has 0 unspecified atom stereocenters. The van der Waals surface area contributed by atoms with Crippen LogP contribution in [0.3, 0.4) is 0 Å². The summed E-state index contributed by atoms with van der Waals surface area (Å²) in [4.78, 5) is 13.1. The van der Waals surface area contributed by atoms with E-state index in [0.717, 1.165) is 0 Å². The lowest BCUT2D eigenvalue weighted by molar-refractivity contribution is 0.0932. The Morgan fingerprint density at radius 3 is 2.44 bits per heavy atom. The second-order valence-corrected chi connectivity index (χ2v) is 7.48. The normalized spacial score (nSPS) is 15.8. The molecule has 0 spiro atoms. The van der Waals surface area contributed by atoms with E-state index in [9.17, 15) is 13.2 Å². The average molecular weight is 392 g/mol. The SMILES string of the molecule is CCOC(=O)N1CCN(S(=O)(=O)NCCOc2ccc(Cl)cc2)CC1. The third-order valence-corrected chi connectivity index (χ3v) is 5.44. The predicted octanol–water partition coefficient (Wildman–Crippen LogP) is 1.33. The van der Waals surface area contributed by atoms with Gasteiger partial charge in [0.2, 0.25) is 0 Å². The smallest absolute Gasteiger partial charge is 0.409 e. The minimum Gasteiger partial charge on any atom is -0.492 e. The highest BCUT2D eigenvalue weighted by atomic mass is 35.5. The molecule has 0 bridgehead atoms. The Labute approximate surface area is 152 Å². The molecular formula is C15H22ClN3O5S. The molecule has 10 heteroatoms. The maximum Gasteiger partial charge on any atom is 0.409 e. The first-order valence-electron chi connectivity index (χ1n) is 7.97. The van der Waals surface area contributed by atoms with Gasteiger partial charge in [0.1, 0.15) is 12.4 Å². The Morgan fingerprint density at radius 2 is 1.84 bits per heavy atom. The van der Waals surface area contributed by atoms with Crippen LogP contribution in [0.2, 0.25) is 5.02 Å². The minimum absolute atomic E-state index is 0.142. The molecule has 1 saturated heterocycles. The molecule has 2 rings (SSSR count). The highest BCUT2D eigenvalue weighted by Gasteiger charge is 2.28. The van der Waals surface area contributed by atoms with Crippen molar-refractivity contribution in [1.29, 1.82) is 0 Å². The van der Waals surface area contributed by atoms with Crippen LogP contribution in [-0.4, -0.2) is 69.7 Å². The number of nitrogens with one attached hydrogen (secondary N) is 1. The van der Waals surface area contributed by atoms with Gasteiger partial charge in [-0.25, -0.2) is 4.79 Å². The fraction of sp³-hybridized carbons (Fsp3) is 0.533. The molecule has 1 aliphatic heterocycles. The summed E-state index contributed by atoms with van der Waals surface area (Å²) in [7, 11) is -3.60. The molecule has 0 aliphatic carbocycles. The van der Waals surface area contributed by atoms with E-state index in [0.29, 0.717) is 30.5 Å². The minimum atomic E-state index is -3.60. The molecule has 1 aromatic carbocycles. The van der Waals surface area contributed by atoms with Gasteiger partial charge in [0.25, 0.3) is 10.2 Å². The van der Waals surface area contributed by atoms with Gasteiger partial charge in [0.15, 0.2) is 0 Å². The number of rotatable bonds is 7. The maximum atomic E-state index is 12.3. The molecule has 0 radical (unpaired) electrons. The van der Waals surface area contributed by atoms with Gasteiger partial charge >= 0.3 is 6.09 Å². The Hall–Kier alpha value is -1.55. The summed E-state index contributed by atoms with van der Waals surface area (Å²) in [6.45, 7) is 3.44. The number of ether oxygens (including phenoxy) is 2. The van der Waals surface area contributed by atoms with E-state index in [-0.39, 0.29) is 26.2 Å². The van der Waals surface area contributed by atoms with Crippen molar-refractivity contribution in [2.45, 2.75) is 6.92 Å². The average Bonchev–Trinajstić information content (AvgIpc) is 2.60. The third kappa shape index (κ3) is 6.03. The van der Waals surface area contributed by atoms with E-state index in [1.54, 1.807) is 31.2 Å². The van der Waals surface area contributed by atoms with Crippen LogP contribution in [0.25, 0.3) is 0 Å². The lowest BCUT2D eigenvalue weighted by Gasteiger charge is -2.33. The Kier molecular flexibility index (Phi) is 7.30. The second kappa shape index (κ2) is 9.23. The first-order valence-corrected chi connectivity index (χ1v) is 9.79. The summed E-state index contributed by atoms with van der Waals surface area (Å²) in [6, 6.07) is 6.82. The molecule has 0 aromatic heterocycles. The van der Waals surface area contributed by atoms with E-state index in [1.165, 1.54) is 9.21 Å². The van der Waals surface area contributed by atoms with Crippen molar-refractivity contribution in [3.8, 4) is 5.75 Å². The van der Waals surface area contributed by atoms with Gasteiger partial charge < -0.3 is 14.4 Å². The molecule has 1 aromatic rings. The summed E-state index contributed by atoms with van der Waals surface area (Å²) in [5.74, 6) is 0.617. The number of carbonyl (C=O) groups is 1. The van der Waals surface area contributed by atoms with E-state index < -0.39 is 16.3 Å². The van der Waals surface area contributed by atoms with Crippen LogP contribution < -0.4 is 9.46 Å². The molecule has 1 heterocycles. The van der Waals surface area contributed by atoms with E-state index in [2.05, 4.69) is 4.72 Å². The summed E-state index contributed by atoms with van der Waals surface area (Å²) >= 11 is 5.78. The standard InChI is InChI=1S/C15H22ClN3O5S/c1-2-23-15(20)18-8-10-19(11-9-18)25(21,22)17-7-12-24-14-5-3-13(16)4-6-14/h3-6,17H,2,7-12H2,1H3. The van der Waals surface area contributed by atoms with Crippen LogP contribution in [0.5, 0.6) is 5.75 Å². The Bertz CT molecular complexity index is 660. The summed E-state index contributed by atoms with van der Waals surface area (Å²) < 4.78 is 38.7. The molecule has 140 valence electrons. The number of halogens is 1. The van der Waals surface area contributed by atoms with Gasteiger partial charge in [-0.15, -0.1) is 0 Å². The van der Waals surface area contributed by atoms with Crippen molar-refractivity contribution in [1.82, 2.24) is 13.9 Å². The zero-order chi connectivity index (χ0) is 18.3. The van der Waals surface area contributed by atoms with Crippen LogP contribution in [-0.2, 0) is 14.9 Å². The fourth-order valence-electron chi connectivity index (χ4n) is 2.29. The van der Waals surface area contributed by atoms with Gasteiger partial charge in [0.05, 0.1) is 6.61 Å². The molecular weight excluding hydrogens is 370 g/mol. The number of benzene rings is 1. The van der Waals surface area contributed by atoms with E-state index in [4.69, 9.17) is 21.1 Å². The van der Waals surface area contributed by atoms with Crippen LogP contribution >= 0.6 is 11.6 Å². The molecule has 25 heavy (non-hydrogen) atoms. The van der Waals surface area contributed by atoms with Gasteiger partial charge in [-0.2, -0.15) is 17.4 Å². The van der Waals surface area contributed by atoms with Crippen molar-refractivity contribution in [2.75, 3.05) is 45.9 Å². The first-order chi connectivity index (χ1) is 11.9. The first kappa shape index (κ1) is 19.8. The third-order valence-electron chi connectivity index (χ3n) is 3.57. The number of amides is 1. The molecule has 1 amide bonds. The number of nitrogens with zero attached hydrogens (tertiary/aromatic N) is 2. The van der Waals surface area contributed by atoms with Crippen LogP contribution in [0.4, 0.5) is 4.79 Å². The van der Waals surface area contributed by atoms with Gasteiger partial charge in [0, 0.05) is 37.7 Å². The molecule has 1 aliphatic rings. The van der Waals surface area contributed by atoms with Gasteiger partial charge in [-0.3, -0.25) is 0 Å². The van der Waals surface area contributed by atoms with Gasteiger partial charge in [-0.1, -0.05) is 11.6 Å². The Balaban J connectivity index is 1.72. The zero-order valence-corrected chi connectivity index (χ0v) is 15.6. The van der Waals surface area contributed by atoms with Crippen molar-refractivity contribution < 1.29 is 22.7 Å². The van der Waals surface area contributed by atoms with Gasteiger partial charge in [-0.05, 0) is 31.2 Å². The maximum absolute atomic E-state index is 12.3. The Morgan fingerprint density at radius 1 is 1.20 bits per heavy atom. The number of hydrogen-bond donors (Lipinski definition) is 1. The molecule has 1 N–H and O–H groups in total. The predicted molar refractivity (Wildman–Crippen MR) is 94.0 cm³/mol. The number of hydrogen-bond acceptors (Lipinski definition) is 5. The number of carbonyl (C=O) groups excluding carboxylic acids is 1.